The van der Waals surface area contributed by atoms with Crippen LogP contribution in [-0.2, 0) is 37.0 Å². The van der Waals surface area contributed by atoms with Crippen LogP contribution in [0.4, 0.5) is 16.2 Å². The van der Waals surface area contributed by atoms with Gasteiger partial charge in [-0.2, -0.15) is 0 Å². The molecule has 1 heterocycles. The van der Waals surface area contributed by atoms with Gasteiger partial charge in [-0.3, -0.25) is 25.0 Å². The number of aliphatic hydroxyl groups excluding tert-OH is 2. The van der Waals surface area contributed by atoms with Gasteiger partial charge in [0.15, 0.2) is 0 Å². The molecule has 1 amide bonds. The number of aliphatic hydroxyl groups is 2. The topological polar surface area (TPSA) is 209 Å². The fraction of sp³-hybridized carbons (Fsp3) is 0.375. The molecular formula is C24H25N3O12. The van der Waals surface area contributed by atoms with Crippen LogP contribution in [0, 0.1) is 26.1 Å². The van der Waals surface area contributed by atoms with Crippen molar-refractivity contribution in [3.63, 3.8) is 0 Å². The highest BCUT2D eigenvalue weighted by molar-refractivity contribution is 5.91. The standard InChI is InChI=1S/C24H25N3O12/c1-14(39-24(32)38-13-16-7-3-5-9-18(16)27(35)36)20-19(10-11-28)25(21(20)29)22(30)23(31)37-12-15-6-2-4-8-17(15)26(33)34/h2-9,14,19-20,22,28,30H,10-13H2,1H3/t14-,19?,20?,22?/m0/s1. The van der Waals surface area contributed by atoms with Crippen LogP contribution in [0.15, 0.2) is 48.5 Å². The quantitative estimate of drug-likeness (QED) is 0.169. The largest absolute Gasteiger partial charge is 0.508 e. The number of hydrogen-bond acceptors (Lipinski definition) is 12. The zero-order valence-corrected chi connectivity index (χ0v) is 20.6. The van der Waals surface area contributed by atoms with Crippen molar-refractivity contribution in [1.82, 2.24) is 4.90 Å². The van der Waals surface area contributed by atoms with Crippen molar-refractivity contribution in [1.29, 1.82) is 0 Å². The number of esters is 1. The molecule has 0 spiro atoms. The normalized spacial score (nSPS) is 17.9. The summed E-state index contributed by atoms with van der Waals surface area (Å²) in [4.78, 5) is 59.1. The summed E-state index contributed by atoms with van der Waals surface area (Å²) in [7, 11) is 0. The molecule has 1 aliphatic heterocycles. The summed E-state index contributed by atoms with van der Waals surface area (Å²) in [6.07, 6.45) is -4.48. The molecule has 2 aromatic carbocycles. The van der Waals surface area contributed by atoms with Crippen molar-refractivity contribution in [2.75, 3.05) is 6.61 Å². The predicted molar refractivity (Wildman–Crippen MR) is 129 cm³/mol. The monoisotopic (exact) mass is 547 g/mol. The van der Waals surface area contributed by atoms with Gasteiger partial charge in [0.2, 0.25) is 12.1 Å². The maximum atomic E-state index is 12.8. The first-order valence-corrected chi connectivity index (χ1v) is 11.6. The molecule has 0 radical (unpaired) electrons. The molecule has 1 aliphatic rings. The Labute approximate surface area is 220 Å². The molecule has 4 atom stereocenters. The number of benzene rings is 2. The van der Waals surface area contributed by atoms with Gasteiger partial charge in [-0.25, -0.2) is 9.59 Å². The van der Waals surface area contributed by atoms with Crippen molar-refractivity contribution in [3.05, 3.63) is 79.9 Å². The van der Waals surface area contributed by atoms with Crippen molar-refractivity contribution in [3.8, 4) is 0 Å². The second kappa shape index (κ2) is 12.7. The number of carbonyl (C=O) groups excluding carboxylic acids is 3. The lowest BCUT2D eigenvalue weighted by molar-refractivity contribution is -0.386. The molecule has 1 fully saturated rings. The summed E-state index contributed by atoms with van der Waals surface area (Å²) in [5.74, 6) is -3.07. The van der Waals surface area contributed by atoms with Gasteiger partial charge < -0.3 is 29.3 Å². The van der Waals surface area contributed by atoms with Gasteiger partial charge in [0.05, 0.1) is 32.9 Å². The number of amides is 1. The van der Waals surface area contributed by atoms with E-state index in [1.54, 1.807) is 0 Å². The summed E-state index contributed by atoms with van der Waals surface area (Å²) in [5, 5.41) is 42.1. The Hall–Kier alpha value is -4.63. The van der Waals surface area contributed by atoms with Crippen LogP contribution >= 0.6 is 0 Å². The van der Waals surface area contributed by atoms with Crippen molar-refractivity contribution in [2.24, 2.45) is 5.92 Å². The third-order valence-electron chi connectivity index (χ3n) is 6.09. The number of carbonyl (C=O) groups is 3. The number of para-hydroxylation sites is 2. The molecule has 0 bridgehead atoms. The fourth-order valence-corrected chi connectivity index (χ4v) is 4.21. The van der Waals surface area contributed by atoms with Crippen LogP contribution in [0.1, 0.15) is 24.5 Å². The Balaban J connectivity index is 1.59. The van der Waals surface area contributed by atoms with Gasteiger partial charge in [0.25, 0.3) is 11.4 Å². The van der Waals surface area contributed by atoms with E-state index in [1.807, 2.05) is 0 Å². The lowest BCUT2D eigenvalue weighted by atomic mass is 9.81. The van der Waals surface area contributed by atoms with Crippen LogP contribution in [0.5, 0.6) is 0 Å². The SMILES string of the molecule is C[C@H](OC(=O)OCc1ccccc1[N+](=O)[O-])C1C(=O)N(C(O)C(=O)OCc2ccccc2[N+](=O)[O-])C1CCO. The molecule has 2 aromatic rings. The first-order valence-electron chi connectivity index (χ1n) is 11.6. The smallest absolute Gasteiger partial charge is 0.457 e. The van der Waals surface area contributed by atoms with E-state index in [9.17, 15) is 44.8 Å². The van der Waals surface area contributed by atoms with Gasteiger partial charge >= 0.3 is 12.1 Å². The van der Waals surface area contributed by atoms with Gasteiger partial charge in [-0.05, 0) is 25.5 Å². The van der Waals surface area contributed by atoms with E-state index in [2.05, 4.69) is 0 Å². The van der Waals surface area contributed by atoms with Crippen LogP contribution in [0.2, 0.25) is 0 Å². The molecule has 0 aromatic heterocycles. The average molecular weight is 547 g/mol. The number of hydrogen-bond donors (Lipinski definition) is 2. The summed E-state index contributed by atoms with van der Waals surface area (Å²) in [6.45, 7) is -0.0563. The second-order valence-corrected chi connectivity index (χ2v) is 8.47. The zero-order valence-electron chi connectivity index (χ0n) is 20.6. The summed E-state index contributed by atoms with van der Waals surface area (Å²) >= 11 is 0. The first-order chi connectivity index (χ1) is 18.6. The van der Waals surface area contributed by atoms with E-state index in [0.29, 0.717) is 0 Å². The molecule has 15 nitrogen and oxygen atoms in total. The van der Waals surface area contributed by atoms with Gasteiger partial charge in [0.1, 0.15) is 19.3 Å². The highest BCUT2D eigenvalue weighted by atomic mass is 16.7. The molecular weight excluding hydrogens is 522 g/mol. The number of β-lactam (4-membered cyclic amide) rings is 1. The van der Waals surface area contributed by atoms with Crippen LogP contribution < -0.4 is 0 Å². The Morgan fingerprint density at radius 1 is 0.974 bits per heavy atom. The third kappa shape index (κ3) is 6.63. The maximum absolute atomic E-state index is 12.8. The Morgan fingerprint density at radius 3 is 2.00 bits per heavy atom. The molecule has 0 aliphatic carbocycles. The number of nitro groups is 2. The van der Waals surface area contributed by atoms with Crippen molar-refractivity contribution >= 4 is 29.4 Å². The number of ether oxygens (including phenoxy) is 3. The minimum absolute atomic E-state index is 0.0733. The molecule has 1 saturated heterocycles. The molecule has 2 N–H and O–H groups in total. The molecule has 3 rings (SSSR count). The predicted octanol–water partition coefficient (Wildman–Crippen LogP) is 1.82. The number of likely N-dealkylation sites (tertiary alicyclic amines) is 1. The maximum Gasteiger partial charge on any atom is 0.508 e. The van der Waals surface area contributed by atoms with Crippen LogP contribution in [-0.4, -0.2) is 68.0 Å². The van der Waals surface area contributed by atoms with Gasteiger partial charge in [-0.1, -0.05) is 24.3 Å². The molecule has 0 saturated carbocycles. The van der Waals surface area contributed by atoms with Crippen LogP contribution in [0.25, 0.3) is 0 Å². The van der Waals surface area contributed by atoms with E-state index in [1.165, 1.54) is 55.5 Å². The van der Waals surface area contributed by atoms with Crippen LogP contribution in [0.3, 0.4) is 0 Å². The highest BCUT2D eigenvalue weighted by Crippen LogP contribution is 2.35. The van der Waals surface area contributed by atoms with Gasteiger partial charge in [0, 0.05) is 18.7 Å². The minimum Gasteiger partial charge on any atom is -0.457 e. The van der Waals surface area contributed by atoms with E-state index in [-0.39, 0.29) is 28.9 Å². The zero-order chi connectivity index (χ0) is 28.7. The van der Waals surface area contributed by atoms with E-state index < -0.39 is 72.0 Å². The van der Waals surface area contributed by atoms with E-state index in [0.717, 1.165) is 4.90 Å². The van der Waals surface area contributed by atoms with Gasteiger partial charge in [-0.15, -0.1) is 0 Å². The molecule has 3 unspecified atom stereocenters. The Kier molecular flexibility index (Phi) is 9.46. The number of nitrogens with zero attached hydrogens (tertiary/aromatic N) is 3. The fourth-order valence-electron chi connectivity index (χ4n) is 4.21. The van der Waals surface area contributed by atoms with E-state index in [4.69, 9.17) is 14.2 Å². The average Bonchev–Trinajstić information content (AvgIpc) is 2.90. The summed E-state index contributed by atoms with van der Waals surface area (Å²) in [6, 6.07) is 10.2. The lowest BCUT2D eigenvalue weighted by Gasteiger charge is -2.49. The molecule has 39 heavy (non-hydrogen) atoms. The van der Waals surface area contributed by atoms with E-state index >= 15 is 0 Å². The number of rotatable bonds is 12. The molecule has 15 heteroatoms. The first kappa shape index (κ1) is 28.9. The summed E-state index contributed by atoms with van der Waals surface area (Å²) in [5.41, 5.74) is -0.352. The molecule has 208 valence electrons. The Bertz CT molecular complexity index is 1250. The van der Waals surface area contributed by atoms with Crippen molar-refractivity contribution in [2.45, 2.75) is 44.9 Å². The second-order valence-electron chi connectivity index (χ2n) is 8.47. The lowest BCUT2D eigenvalue weighted by Crippen LogP contribution is -2.69. The number of nitro benzene ring substituents is 2. The minimum atomic E-state index is -2.08. The third-order valence-corrected chi connectivity index (χ3v) is 6.09. The summed E-state index contributed by atoms with van der Waals surface area (Å²) < 4.78 is 15.0. The van der Waals surface area contributed by atoms with Crippen molar-refractivity contribution < 1.29 is 48.7 Å². The Morgan fingerprint density at radius 2 is 1.49 bits per heavy atom. The highest BCUT2D eigenvalue weighted by Gasteiger charge is 2.55.